The highest BCUT2D eigenvalue weighted by Crippen LogP contribution is 2.28. The summed E-state index contributed by atoms with van der Waals surface area (Å²) < 4.78 is 28.0. The van der Waals surface area contributed by atoms with Crippen LogP contribution in [0.3, 0.4) is 0 Å². The van der Waals surface area contributed by atoms with E-state index in [1.54, 1.807) is 36.4 Å². The number of hydrogen-bond donors (Lipinski definition) is 0. The summed E-state index contributed by atoms with van der Waals surface area (Å²) in [6, 6.07) is 22.6. The minimum Gasteiger partial charge on any atom is -0.462 e. The highest BCUT2D eigenvalue weighted by Gasteiger charge is 2.27. The van der Waals surface area contributed by atoms with Crippen molar-refractivity contribution in [1.29, 1.82) is 0 Å². The second kappa shape index (κ2) is 15.6. The molecule has 0 aliphatic carbocycles. The minimum absolute atomic E-state index is 0.143. The van der Waals surface area contributed by atoms with Gasteiger partial charge >= 0.3 is 11.9 Å². The van der Waals surface area contributed by atoms with Gasteiger partial charge in [0.1, 0.15) is 23.4 Å². The first-order valence-corrected chi connectivity index (χ1v) is 15.6. The van der Waals surface area contributed by atoms with Crippen LogP contribution in [-0.2, 0) is 33.5 Å². The molecule has 1 heterocycles. The third-order valence-corrected chi connectivity index (χ3v) is 7.89. The largest absolute Gasteiger partial charge is 0.462 e. The number of alkyl halides is 3. The van der Waals surface area contributed by atoms with E-state index in [1.807, 2.05) is 37.3 Å². The molecule has 0 saturated heterocycles. The fourth-order valence-electron chi connectivity index (χ4n) is 4.11. The summed E-state index contributed by atoms with van der Waals surface area (Å²) in [5, 5.41) is -0.586. The molecule has 4 aromatic rings. The molecule has 4 rings (SSSR count). The topological polar surface area (TPSA) is 78.6 Å². The van der Waals surface area contributed by atoms with Crippen LogP contribution in [0.2, 0.25) is 0 Å². The van der Waals surface area contributed by atoms with Crippen LogP contribution in [0.1, 0.15) is 32.9 Å². The summed E-state index contributed by atoms with van der Waals surface area (Å²) in [5.41, 5.74) is 3.74. The predicted octanol–water partition coefficient (Wildman–Crippen LogP) is 7.99. The normalized spacial score (nSPS) is 12.1. The van der Waals surface area contributed by atoms with Crippen LogP contribution in [0.25, 0.3) is 11.5 Å². The number of aromatic nitrogens is 1. The standard InChI is InChI=1S/C32H29Cl3FNO5S/c1-21-27(37-29(42-21)24-5-3-2-4-6-24)15-17-40-30(38)25-11-7-23(8-12-25)19-28(31(39)41-20-32(33,34)35)43-18-16-22-9-13-26(36)14-10-22/h2-14,28H,15-20H2,1H3. The zero-order chi connectivity index (χ0) is 30.8. The number of hydrogen-bond acceptors (Lipinski definition) is 7. The Bertz CT molecular complexity index is 1490. The first-order chi connectivity index (χ1) is 20.6. The number of oxazole rings is 1. The summed E-state index contributed by atoms with van der Waals surface area (Å²) in [6.45, 7) is 1.60. The summed E-state index contributed by atoms with van der Waals surface area (Å²) >= 11 is 18.7. The molecule has 11 heteroatoms. The van der Waals surface area contributed by atoms with E-state index >= 15 is 0 Å². The molecule has 1 aromatic heterocycles. The molecule has 1 unspecified atom stereocenters. The average molecular weight is 665 g/mol. The number of ether oxygens (including phenoxy) is 2. The molecule has 6 nitrogen and oxygen atoms in total. The van der Waals surface area contributed by atoms with E-state index < -0.39 is 21.0 Å². The van der Waals surface area contributed by atoms with Crippen molar-refractivity contribution in [2.45, 2.75) is 35.2 Å². The molecular weight excluding hydrogens is 636 g/mol. The molecule has 43 heavy (non-hydrogen) atoms. The van der Waals surface area contributed by atoms with Gasteiger partial charge in [0, 0.05) is 12.0 Å². The smallest absolute Gasteiger partial charge is 0.338 e. The van der Waals surface area contributed by atoms with Gasteiger partial charge in [-0.05, 0) is 73.0 Å². The number of thioether (sulfide) groups is 1. The Morgan fingerprint density at radius 1 is 0.930 bits per heavy atom. The van der Waals surface area contributed by atoms with E-state index in [9.17, 15) is 14.0 Å². The van der Waals surface area contributed by atoms with Crippen molar-refractivity contribution in [1.82, 2.24) is 4.98 Å². The maximum atomic E-state index is 13.2. The van der Waals surface area contributed by atoms with E-state index in [0.29, 0.717) is 42.2 Å². The van der Waals surface area contributed by atoms with Crippen LogP contribution in [0.4, 0.5) is 4.39 Å². The second-order valence-electron chi connectivity index (χ2n) is 9.63. The molecule has 0 aliphatic heterocycles. The summed E-state index contributed by atoms with van der Waals surface area (Å²) in [6.07, 6.45) is 1.38. The van der Waals surface area contributed by atoms with Gasteiger partial charge in [-0.1, -0.05) is 77.3 Å². The summed E-state index contributed by atoms with van der Waals surface area (Å²) in [7, 11) is 0. The molecule has 0 bridgehead atoms. The Hall–Kier alpha value is -3.04. The van der Waals surface area contributed by atoms with Crippen LogP contribution >= 0.6 is 46.6 Å². The van der Waals surface area contributed by atoms with Crippen LogP contribution < -0.4 is 0 Å². The van der Waals surface area contributed by atoms with Gasteiger partial charge in [-0.25, -0.2) is 14.2 Å². The lowest BCUT2D eigenvalue weighted by atomic mass is 10.1. The monoisotopic (exact) mass is 663 g/mol. The van der Waals surface area contributed by atoms with Gasteiger partial charge in [-0.2, -0.15) is 0 Å². The number of carbonyl (C=O) groups is 2. The number of aryl methyl sites for hydroxylation is 2. The molecule has 0 spiro atoms. The lowest BCUT2D eigenvalue weighted by Gasteiger charge is -2.18. The lowest BCUT2D eigenvalue weighted by Crippen LogP contribution is -2.27. The van der Waals surface area contributed by atoms with Gasteiger partial charge in [0.2, 0.25) is 9.68 Å². The van der Waals surface area contributed by atoms with Gasteiger partial charge in [0.15, 0.2) is 0 Å². The third-order valence-electron chi connectivity index (χ3n) is 6.36. The molecule has 3 aromatic carbocycles. The Morgan fingerprint density at radius 3 is 2.28 bits per heavy atom. The molecule has 0 radical (unpaired) electrons. The fourth-order valence-corrected chi connectivity index (χ4v) is 5.42. The van der Waals surface area contributed by atoms with E-state index in [1.165, 1.54) is 23.9 Å². The first kappa shape index (κ1) is 32.9. The highest BCUT2D eigenvalue weighted by atomic mass is 35.6. The Labute approximate surface area is 268 Å². The zero-order valence-electron chi connectivity index (χ0n) is 23.2. The Morgan fingerprint density at radius 2 is 1.60 bits per heavy atom. The van der Waals surface area contributed by atoms with Gasteiger partial charge in [0.05, 0.1) is 17.9 Å². The number of carbonyl (C=O) groups excluding carboxylic acids is 2. The molecule has 0 amide bonds. The van der Waals surface area contributed by atoms with Gasteiger partial charge in [-0.15, -0.1) is 11.8 Å². The molecule has 1 atom stereocenters. The number of halogens is 4. The first-order valence-electron chi connectivity index (χ1n) is 13.4. The highest BCUT2D eigenvalue weighted by molar-refractivity contribution is 8.00. The molecule has 0 N–H and O–H groups in total. The van der Waals surface area contributed by atoms with Crippen LogP contribution in [0, 0.1) is 12.7 Å². The van der Waals surface area contributed by atoms with Crippen molar-refractivity contribution < 1.29 is 27.9 Å². The third kappa shape index (κ3) is 10.6. The molecule has 0 fully saturated rings. The molecular formula is C32H29Cl3FNO5S. The predicted molar refractivity (Wildman–Crippen MR) is 168 cm³/mol. The summed E-state index contributed by atoms with van der Waals surface area (Å²) in [5.74, 6) is 0.497. The molecule has 226 valence electrons. The van der Waals surface area contributed by atoms with Crippen LogP contribution in [0.15, 0.2) is 83.3 Å². The van der Waals surface area contributed by atoms with E-state index in [4.69, 9.17) is 48.7 Å². The van der Waals surface area contributed by atoms with Crippen molar-refractivity contribution in [2.75, 3.05) is 19.0 Å². The second-order valence-corrected chi connectivity index (χ2v) is 13.5. The van der Waals surface area contributed by atoms with Crippen molar-refractivity contribution in [3.63, 3.8) is 0 Å². The number of nitrogens with zero attached hydrogens (tertiary/aromatic N) is 1. The molecule has 0 aliphatic rings. The number of esters is 2. The summed E-state index contributed by atoms with van der Waals surface area (Å²) in [4.78, 5) is 30.0. The van der Waals surface area contributed by atoms with Gasteiger partial charge < -0.3 is 13.9 Å². The van der Waals surface area contributed by atoms with Crippen LogP contribution in [0.5, 0.6) is 0 Å². The quantitative estimate of drug-likeness (QED) is 0.106. The average Bonchev–Trinajstić information content (AvgIpc) is 3.37. The maximum absolute atomic E-state index is 13.2. The van der Waals surface area contributed by atoms with E-state index in [0.717, 1.165) is 22.4 Å². The van der Waals surface area contributed by atoms with Crippen LogP contribution in [-0.4, -0.2) is 44.9 Å². The lowest BCUT2D eigenvalue weighted by molar-refractivity contribution is -0.142. The zero-order valence-corrected chi connectivity index (χ0v) is 26.3. The Kier molecular flexibility index (Phi) is 11.9. The Balaban J connectivity index is 1.31. The maximum Gasteiger partial charge on any atom is 0.338 e. The minimum atomic E-state index is -1.72. The van der Waals surface area contributed by atoms with Gasteiger partial charge in [0.25, 0.3) is 0 Å². The fraction of sp³-hybridized carbons (Fsp3) is 0.281. The number of benzene rings is 3. The van der Waals surface area contributed by atoms with Crippen molar-refractivity contribution in [3.8, 4) is 11.5 Å². The van der Waals surface area contributed by atoms with Crippen molar-refractivity contribution >= 4 is 58.5 Å². The van der Waals surface area contributed by atoms with E-state index in [-0.39, 0.29) is 19.0 Å². The van der Waals surface area contributed by atoms with E-state index in [2.05, 4.69) is 4.98 Å². The SMILES string of the molecule is Cc1oc(-c2ccccc2)nc1CCOC(=O)c1ccc(CC(SCCc2ccc(F)cc2)C(=O)OCC(Cl)(Cl)Cl)cc1. The van der Waals surface area contributed by atoms with Gasteiger partial charge in [-0.3, -0.25) is 4.79 Å². The number of rotatable bonds is 13. The van der Waals surface area contributed by atoms with Crippen molar-refractivity contribution in [3.05, 3.63) is 113 Å². The molecule has 0 saturated carbocycles. The van der Waals surface area contributed by atoms with Crippen molar-refractivity contribution in [2.24, 2.45) is 0 Å².